The second-order valence-electron chi connectivity index (χ2n) is 4.81. The number of nitrogens with zero attached hydrogens (tertiary/aromatic N) is 2. The number of nitrogens with one attached hydrogen (secondary N) is 1. The molecule has 0 saturated heterocycles. The van der Waals surface area contributed by atoms with Gasteiger partial charge < -0.3 is 10.5 Å². The Balaban J connectivity index is 1.87. The predicted octanol–water partition coefficient (Wildman–Crippen LogP) is 3.13. The van der Waals surface area contributed by atoms with E-state index < -0.39 is 0 Å². The highest BCUT2D eigenvalue weighted by atomic mass is 127. The van der Waals surface area contributed by atoms with Crippen molar-refractivity contribution < 1.29 is 4.74 Å². The zero-order valence-electron chi connectivity index (χ0n) is 12.0. The van der Waals surface area contributed by atoms with Crippen LogP contribution in [0.2, 0.25) is 0 Å². The number of aromatic amines is 1. The minimum Gasteiger partial charge on any atom is -0.497 e. The fourth-order valence-electron chi connectivity index (χ4n) is 2.13. The second-order valence-corrected chi connectivity index (χ2v) is 6.05. The molecule has 2 aromatic carbocycles. The van der Waals surface area contributed by atoms with Gasteiger partial charge in [0.15, 0.2) is 5.82 Å². The number of ether oxygens (including phenoxy) is 1. The van der Waals surface area contributed by atoms with Crippen LogP contribution in [0.3, 0.4) is 0 Å². The van der Waals surface area contributed by atoms with E-state index in [0.717, 1.165) is 16.9 Å². The van der Waals surface area contributed by atoms with E-state index in [0.29, 0.717) is 11.6 Å². The van der Waals surface area contributed by atoms with Crippen molar-refractivity contribution in [3.8, 4) is 17.1 Å². The number of nitrogens with two attached hydrogens (primary N) is 1. The summed E-state index contributed by atoms with van der Waals surface area (Å²) in [5.74, 6) is 2.04. The molecule has 1 heterocycles. The monoisotopic (exact) mass is 406 g/mol. The van der Waals surface area contributed by atoms with Gasteiger partial charge >= 0.3 is 0 Å². The first-order valence-corrected chi connectivity index (χ1v) is 7.83. The number of halogens is 1. The third kappa shape index (κ3) is 3.12. The summed E-state index contributed by atoms with van der Waals surface area (Å²) >= 11 is 2.27. The predicted molar refractivity (Wildman–Crippen MR) is 93.6 cm³/mol. The fraction of sp³-hybridized carbons (Fsp3) is 0.125. The third-order valence-electron chi connectivity index (χ3n) is 3.35. The van der Waals surface area contributed by atoms with Gasteiger partial charge in [0.1, 0.15) is 11.6 Å². The van der Waals surface area contributed by atoms with Crippen LogP contribution < -0.4 is 10.5 Å². The zero-order chi connectivity index (χ0) is 15.5. The van der Waals surface area contributed by atoms with Crippen molar-refractivity contribution >= 4 is 22.6 Å². The normalized spacial score (nSPS) is 12.1. The summed E-state index contributed by atoms with van der Waals surface area (Å²) in [6, 6.07) is 15.3. The lowest BCUT2D eigenvalue weighted by Gasteiger charge is -2.09. The van der Waals surface area contributed by atoms with Gasteiger partial charge in [0, 0.05) is 9.13 Å². The van der Waals surface area contributed by atoms with Crippen LogP contribution in [0.25, 0.3) is 11.4 Å². The zero-order valence-corrected chi connectivity index (χ0v) is 14.1. The van der Waals surface area contributed by atoms with Crippen molar-refractivity contribution in [2.75, 3.05) is 7.11 Å². The Bertz CT molecular complexity index is 770. The van der Waals surface area contributed by atoms with E-state index in [2.05, 4.69) is 37.8 Å². The molecular formula is C16H15IN4O. The van der Waals surface area contributed by atoms with Crippen molar-refractivity contribution in [3.63, 3.8) is 0 Å². The van der Waals surface area contributed by atoms with Gasteiger partial charge in [0.25, 0.3) is 0 Å². The van der Waals surface area contributed by atoms with E-state index in [-0.39, 0.29) is 6.04 Å². The van der Waals surface area contributed by atoms with Gasteiger partial charge in [-0.3, -0.25) is 5.10 Å². The number of hydrogen-bond acceptors (Lipinski definition) is 4. The van der Waals surface area contributed by atoms with Gasteiger partial charge in [0.05, 0.1) is 13.2 Å². The standard InChI is InChI=1S/C16H15IN4O/c1-22-13-4-2-3-11(9-13)14(18)16-19-15(20-21-16)10-5-7-12(17)8-6-10/h2-9,14H,18H2,1H3,(H,19,20,21)/t14-/m1/s1. The molecule has 0 radical (unpaired) electrons. The highest BCUT2D eigenvalue weighted by Crippen LogP contribution is 2.23. The molecule has 1 aromatic heterocycles. The van der Waals surface area contributed by atoms with E-state index in [1.807, 2.05) is 48.5 Å². The Labute approximate surface area is 142 Å². The first-order valence-electron chi connectivity index (χ1n) is 6.75. The summed E-state index contributed by atoms with van der Waals surface area (Å²) in [5, 5.41) is 7.18. The molecule has 0 spiro atoms. The smallest absolute Gasteiger partial charge is 0.181 e. The lowest BCUT2D eigenvalue weighted by Crippen LogP contribution is -2.13. The van der Waals surface area contributed by atoms with Gasteiger partial charge in [-0.05, 0) is 52.4 Å². The molecule has 3 N–H and O–H groups in total. The Morgan fingerprint density at radius 1 is 1.18 bits per heavy atom. The summed E-state index contributed by atoms with van der Waals surface area (Å²) in [5.41, 5.74) is 8.14. The summed E-state index contributed by atoms with van der Waals surface area (Å²) in [4.78, 5) is 4.51. The second kappa shape index (κ2) is 6.45. The Morgan fingerprint density at radius 3 is 2.68 bits per heavy atom. The molecule has 5 nitrogen and oxygen atoms in total. The first kappa shape index (κ1) is 15.0. The van der Waals surface area contributed by atoms with Crippen molar-refractivity contribution in [1.29, 1.82) is 0 Å². The molecule has 3 aromatic rings. The minimum atomic E-state index is -0.375. The Morgan fingerprint density at radius 2 is 1.95 bits per heavy atom. The van der Waals surface area contributed by atoms with Gasteiger partial charge in [-0.15, -0.1) is 0 Å². The summed E-state index contributed by atoms with van der Waals surface area (Å²) in [7, 11) is 1.63. The SMILES string of the molecule is COc1cccc([C@@H](N)c2nc(-c3ccc(I)cc3)n[nH]2)c1. The number of rotatable bonds is 4. The van der Waals surface area contributed by atoms with E-state index >= 15 is 0 Å². The molecule has 0 amide bonds. The van der Waals surface area contributed by atoms with Gasteiger partial charge in [-0.2, -0.15) is 5.10 Å². The summed E-state index contributed by atoms with van der Waals surface area (Å²) in [6.07, 6.45) is 0. The van der Waals surface area contributed by atoms with Crippen LogP contribution in [0, 0.1) is 3.57 Å². The van der Waals surface area contributed by atoms with Crippen LogP contribution in [-0.4, -0.2) is 22.3 Å². The Hall–Kier alpha value is -1.93. The van der Waals surface area contributed by atoms with Crippen LogP contribution in [0.1, 0.15) is 17.4 Å². The van der Waals surface area contributed by atoms with Gasteiger partial charge in [0.2, 0.25) is 0 Å². The average molecular weight is 406 g/mol. The molecule has 0 bridgehead atoms. The summed E-state index contributed by atoms with van der Waals surface area (Å²) < 4.78 is 6.40. The molecule has 3 rings (SSSR count). The average Bonchev–Trinajstić information content (AvgIpc) is 3.05. The lowest BCUT2D eigenvalue weighted by molar-refractivity contribution is 0.414. The third-order valence-corrected chi connectivity index (χ3v) is 4.07. The Kier molecular flexibility index (Phi) is 4.39. The molecule has 0 aliphatic rings. The summed E-state index contributed by atoms with van der Waals surface area (Å²) in [6.45, 7) is 0. The topological polar surface area (TPSA) is 76.8 Å². The van der Waals surface area contributed by atoms with E-state index in [1.165, 1.54) is 3.57 Å². The molecule has 6 heteroatoms. The molecular weight excluding hydrogens is 391 g/mol. The molecule has 0 saturated carbocycles. The number of hydrogen-bond donors (Lipinski definition) is 2. The maximum Gasteiger partial charge on any atom is 0.181 e. The molecule has 112 valence electrons. The molecule has 22 heavy (non-hydrogen) atoms. The van der Waals surface area contributed by atoms with Gasteiger partial charge in [-0.25, -0.2) is 4.98 Å². The minimum absolute atomic E-state index is 0.375. The van der Waals surface area contributed by atoms with Crippen LogP contribution >= 0.6 is 22.6 Å². The number of H-pyrrole nitrogens is 1. The quantitative estimate of drug-likeness (QED) is 0.653. The van der Waals surface area contributed by atoms with Crippen molar-refractivity contribution in [1.82, 2.24) is 15.2 Å². The molecule has 1 atom stereocenters. The lowest BCUT2D eigenvalue weighted by atomic mass is 10.1. The van der Waals surface area contributed by atoms with E-state index in [9.17, 15) is 0 Å². The molecule has 0 aliphatic heterocycles. The maximum atomic E-state index is 6.26. The molecule has 0 aliphatic carbocycles. The van der Waals surface area contributed by atoms with Crippen LogP contribution in [0.15, 0.2) is 48.5 Å². The fourth-order valence-corrected chi connectivity index (χ4v) is 2.49. The van der Waals surface area contributed by atoms with Crippen LogP contribution in [0.5, 0.6) is 5.75 Å². The number of benzene rings is 2. The van der Waals surface area contributed by atoms with Crippen molar-refractivity contribution in [2.24, 2.45) is 5.73 Å². The van der Waals surface area contributed by atoms with Crippen LogP contribution in [0.4, 0.5) is 0 Å². The highest BCUT2D eigenvalue weighted by molar-refractivity contribution is 14.1. The maximum absolute atomic E-state index is 6.26. The van der Waals surface area contributed by atoms with E-state index in [1.54, 1.807) is 7.11 Å². The largest absolute Gasteiger partial charge is 0.497 e. The van der Waals surface area contributed by atoms with Gasteiger partial charge in [-0.1, -0.05) is 24.3 Å². The highest BCUT2D eigenvalue weighted by Gasteiger charge is 2.15. The molecule has 0 unspecified atom stereocenters. The molecule has 0 fully saturated rings. The number of aromatic nitrogens is 3. The van der Waals surface area contributed by atoms with E-state index in [4.69, 9.17) is 10.5 Å². The van der Waals surface area contributed by atoms with Crippen molar-refractivity contribution in [3.05, 3.63) is 63.5 Å². The first-order chi connectivity index (χ1) is 10.7. The van der Waals surface area contributed by atoms with Crippen molar-refractivity contribution in [2.45, 2.75) is 6.04 Å². The number of methoxy groups -OCH3 is 1. The van der Waals surface area contributed by atoms with Crippen LogP contribution in [-0.2, 0) is 0 Å².